The summed E-state index contributed by atoms with van der Waals surface area (Å²) in [5, 5.41) is 7.89. The predicted molar refractivity (Wildman–Crippen MR) is 121 cm³/mol. The molecule has 0 aliphatic rings. The fraction of sp³-hybridized carbons (Fsp3) is 0.227. The van der Waals surface area contributed by atoms with Gasteiger partial charge in [-0.1, -0.05) is 43.3 Å². The minimum Gasteiger partial charge on any atom is -0.326 e. The lowest BCUT2D eigenvalue weighted by atomic mass is 10.1. The molecule has 29 heavy (non-hydrogen) atoms. The summed E-state index contributed by atoms with van der Waals surface area (Å²) in [7, 11) is 0. The molecule has 1 unspecified atom stereocenters. The van der Waals surface area contributed by atoms with Crippen LogP contribution in [0.5, 0.6) is 0 Å². The van der Waals surface area contributed by atoms with Crippen LogP contribution >= 0.6 is 23.1 Å². The zero-order chi connectivity index (χ0) is 20.6. The van der Waals surface area contributed by atoms with E-state index >= 15 is 0 Å². The zero-order valence-corrected chi connectivity index (χ0v) is 18.0. The van der Waals surface area contributed by atoms with E-state index in [4.69, 9.17) is 0 Å². The van der Waals surface area contributed by atoms with E-state index in [1.165, 1.54) is 23.1 Å². The number of nitrogens with zero attached hydrogens (tertiary/aromatic N) is 1. The molecule has 7 heteroatoms. The average molecular weight is 426 g/mol. The largest absolute Gasteiger partial charge is 0.326 e. The zero-order valence-electron chi connectivity index (χ0n) is 16.3. The molecule has 3 rings (SSSR count). The second-order valence-electron chi connectivity index (χ2n) is 6.52. The Hall–Kier alpha value is -2.64. The van der Waals surface area contributed by atoms with Gasteiger partial charge in [-0.15, -0.1) is 23.1 Å². The molecule has 0 bridgehead atoms. The number of amides is 2. The summed E-state index contributed by atoms with van der Waals surface area (Å²) in [5.74, 6) is -0.137. The van der Waals surface area contributed by atoms with Crippen molar-refractivity contribution in [3.63, 3.8) is 0 Å². The molecule has 0 saturated carbocycles. The van der Waals surface area contributed by atoms with Gasteiger partial charge >= 0.3 is 0 Å². The molecule has 5 nitrogen and oxygen atoms in total. The first-order valence-corrected chi connectivity index (χ1v) is 11.2. The van der Waals surface area contributed by atoms with Gasteiger partial charge in [0.1, 0.15) is 5.25 Å². The number of anilines is 2. The number of aryl methyl sites for hydroxylation is 1. The first-order valence-electron chi connectivity index (χ1n) is 9.39. The highest BCUT2D eigenvalue weighted by Gasteiger charge is 2.23. The second-order valence-corrected chi connectivity index (χ2v) is 8.55. The van der Waals surface area contributed by atoms with E-state index in [0.29, 0.717) is 11.6 Å². The molecule has 0 aliphatic heterocycles. The van der Waals surface area contributed by atoms with Crippen molar-refractivity contribution in [1.82, 2.24) is 4.98 Å². The van der Waals surface area contributed by atoms with Gasteiger partial charge < -0.3 is 10.6 Å². The van der Waals surface area contributed by atoms with E-state index in [0.717, 1.165) is 28.3 Å². The van der Waals surface area contributed by atoms with Gasteiger partial charge in [0.15, 0.2) is 5.13 Å². The summed E-state index contributed by atoms with van der Waals surface area (Å²) in [6.07, 6.45) is 1.28. The van der Waals surface area contributed by atoms with E-state index < -0.39 is 5.25 Å². The minimum atomic E-state index is -0.443. The number of rotatable bonds is 8. The molecular formula is C22H23N3O2S2. The number of aromatic nitrogens is 1. The molecule has 2 amide bonds. The van der Waals surface area contributed by atoms with Crippen molar-refractivity contribution in [3.8, 4) is 0 Å². The van der Waals surface area contributed by atoms with Gasteiger partial charge in [-0.05, 0) is 37.1 Å². The normalized spacial score (nSPS) is 11.7. The molecule has 0 saturated heterocycles. The van der Waals surface area contributed by atoms with E-state index in [1.807, 2.05) is 73.8 Å². The molecule has 1 atom stereocenters. The SMILES string of the molecule is CCCC(=O)Nc1cccc(SC(C(=O)Nc2nc(C)cs2)c2ccccc2)c1. The molecule has 2 N–H and O–H groups in total. The van der Waals surface area contributed by atoms with Crippen molar-refractivity contribution in [1.29, 1.82) is 0 Å². The molecular weight excluding hydrogens is 402 g/mol. The van der Waals surface area contributed by atoms with Crippen LogP contribution in [0.2, 0.25) is 0 Å². The number of nitrogens with one attached hydrogen (secondary N) is 2. The predicted octanol–water partition coefficient (Wildman–Crippen LogP) is 5.66. The van der Waals surface area contributed by atoms with E-state index in [2.05, 4.69) is 15.6 Å². The summed E-state index contributed by atoms with van der Waals surface area (Å²) >= 11 is 2.85. The summed E-state index contributed by atoms with van der Waals surface area (Å²) in [5.41, 5.74) is 2.52. The third-order valence-corrected chi connectivity index (χ3v) is 6.16. The van der Waals surface area contributed by atoms with Gasteiger partial charge in [0.25, 0.3) is 0 Å². The Bertz CT molecular complexity index is 973. The van der Waals surface area contributed by atoms with Gasteiger partial charge in [0, 0.05) is 22.4 Å². The van der Waals surface area contributed by atoms with Crippen LogP contribution in [0.25, 0.3) is 0 Å². The third kappa shape index (κ3) is 6.17. The van der Waals surface area contributed by atoms with Crippen LogP contribution in [0.15, 0.2) is 64.9 Å². The quantitative estimate of drug-likeness (QED) is 0.457. The van der Waals surface area contributed by atoms with Gasteiger partial charge in [-0.25, -0.2) is 4.98 Å². The van der Waals surface area contributed by atoms with Gasteiger partial charge in [-0.3, -0.25) is 9.59 Å². The third-order valence-electron chi connectivity index (χ3n) is 4.04. The average Bonchev–Trinajstić information content (AvgIpc) is 3.11. The lowest BCUT2D eigenvalue weighted by Crippen LogP contribution is -2.19. The number of thioether (sulfide) groups is 1. The fourth-order valence-electron chi connectivity index (χ4n) is 2.72. The van der Waals surface area contributed by atoms with Gasteiger partial charge in [-0.2, -0.15) is 0 Å². The Morgan fingerprint density at radius 2 is 1.90 bits per heavy atom. The molecule has 1 aromatic heterocycles. The number of carbonyl (C=O) groups is 2. The van der Waals surface area contributed by atoms with Crippen LogP contribution < -0.4 is 10.6 Å². The van der Waals surface area contributed by atoms with Crippen LogP contribution in [0.3, 0.4) is 0 Å². The highest BCUT2D eigenvalue weighted by molar-refractivity contribution is 8.00. The maximum absolute atomic E-state index is 13.0. The first kappa shape index (κ1) is 21.1. The van der Waals surface area contributed by atoms with Crippen LogP contribution in [0.1, 0.15) is 36.3 Å². The topological polar surface area (TPSA) is 71.1 Å². The summed E-state index contributed by atoms with van der Waals surface area (Å²) in [6.45, 7) is 3.87. The second kappa shape index (κ2) is 10.2. The smallest absolute Gasteiger partial charge is 0.244 e. The Balaban J connectivity index is 1.80. The lowest BCUT2D eigenvalue weighted by molar-refractivity contribution is -0.116. The molecule has 2 aromatic carbocycles. The van der Waals surface area contributed by atoms with E-state index in [9.17, 15) is 9.59 Å². The number of hydrogen-bond donors (Lipinski definition) is 2. The number of carbonyl (C=O) groups excluding carboxylic acids is 2. The molecule has 1 heterocycles. The first-order chi connectivity index (χ1) is 14.0. The number of thiazole rings is 1. The maximum atomic E-state index is 13.0. The van der Waals surface area contributed by atoms with E-state index in [1.54, 1.807) is 0 Å². The van der Waals surface area contributed by atoms with Gasteiger partial charge in [0.2, 0.25) is 11.8 Å². The van der Waals surface area contributed by atoms with Crippen molar-refractivity contribution in [3.05, 3.63) is 71.2 Å². The monoisotopic (exact) mass is 425 g/mol. The van der Waals surface area contributed by atoms with Crippen LogP contribution in [-0.4, -0.2) is 16.8 Å². The summed E-state index contributed by atoms with van der Waals surface area (Å²) in [4.78, 5) is 30.2. The van der Waals surface area contributed by atoms with Crippen molar-refractivity contribution in [2.24, 2.45) is 0 Å². The summed E-state index contributed by atoms with van der Waals surface area (Å²) < 4.78 is 0. The Labute approximate surface area is 179 Å². The fourth-order valence-corrected chi connectivity index (χ4v) is 4.49. The molecule has 0 spiro atoms. The number of benzene rings is 2. The molecule has 0 fully saturated rings. The standard InChI is InChI=1S/C22H23N3O2S2/c1-3-8-19(26)24-17-11-7-12-18(13-17)29-20(16-9-5-4-6-10-16)21(27)25-22-23-15(2)14-28-22/h4-7,9-14,20H,3,8H2,1-2H3,(H,24,26)(H,23,25,27). The van der Waals surface area contributed by atoms with Crippen molar-refractivity contribution < 1.29 is 9.59 Å². The lowest BCUT2D eigenvalue weighted by Gasteiger charge is -2.17. The van der Waals surface area contributed by atoms with Crippen LogP contribution in [-0.2, 0) is 9.59 Å². The highest BCUT2D eigenvalue weighted by atomic mass is 32.2. The molecule has 0 radical (unpaired) electrons. The van der Waals surface area contributed by atoms with Gasteiger partial charge in [0.05, 0.1) is 5.69 Å². The van der Waals surface area contributed by atoms with Crippen molar-refractivity contribution in [2.75, 3.05) is 10.6 Å². The Morgan fingerprint density at radius 1 is 1.10 bits per heavy atom. The Kier molecular flexibility index (Phi) is 7.43. The van der Waals surface area contributed by atoms with Crippen LogP contribution in [0, 0.1) is 6.92 Å². The highest BCUT2D eigenvalue weighted by Crippen LogP contribution is 2.37. The van der Waals surface area contributed by atoms with E-state index in [-0.39, 0.29) is 11.8 Å². The van der Waals surface area contributed by atoms with Crippen LogP contribution in [0.4, 0.5) is 10.8 Å². The summed E-state index contributed by atoms with van der Waals surface area (Å²) in [6, 6.07) is 17.2. The molecule has 3 aromatic rings. The minimum absolute atomic E-state index is 0.00820. The van der Waals surface area contributed by atoms with Crippen molar-refractivity contribution >= 4 is 45.7 Å². The number of hydrogen-bond acceptors (Lipinski definition) is 5. The molecule has 150 valence electrons. The maximum Gasteiger partial charge on any atom is 0.244 e. The molecule has 0 aliphatic carbocycles. The Morgan fingerprint density at radius 3 is 2.59 bits per heavy atom. The van der Waals surface area contributed by atoms with Crippen molar-refractivity contribution in [2.45, 2.75) is 36.8 Å².